The molecule has 24 heavy (non-hydrogen) atoms. The van der Waals surface area contributed by atoms with Gasteiger partial charge >= 0.3 is 0 Å². The summed E-state index contributed by atoms with van der Waals surface area (Å²) in [5, 5.41) is 7.69. The number of hydrogen-bond donors (Lipinski definition) is 1. The van der Waals surface area contributed by atoms with Crippen LogP contribution in [0.25, 0.3) is 0 Å². The third-order valence-corrected chi connectivity index (χ3v) is 4.38. The molecule has 7 nitrogen and oxygen atoms in total. The fourth-order valence-corrected chi connectivity index (χ4v) is 3.12. The topological polar surface area (TPSA) is 67.6 Å². The number of aromatic nitrogens is 3. The van der Waals surface area contributed by atoms with Gasteiger partial charge in [-0.3, -0.25) is 9.67 Å². The molecule has 3 rings (SSSR count). The second kappa shape index (κ2) is 7.33. The van der Waals surface area contributed by atoms with Crippen LogP contribution in [0.4, 0.5) is 0 Å². The number of guanidine groups is 1. The number of nitrogens with one attached hydrogen (secondary N) is 1. The van der Waals surface area contributed by atoms with Crippen LogP contribution < -0.4 is 10.1 Å². The predicted octanol–water partition coefficient (Wildman–Crippen LogP) is 1.39. The number of hydrogen-bond acceptors (Lipinski definition) is 4. The fraction of sp³-hybridized carbons (Fsp3) is 0.471. The summed E-state index contributed by atoms with van der Waals surface area (Å²) in [6.45, 7) is 2.58. The lowest BCUT2D eigenvalue weighted by Gasteiger charge is -2.22. The molecule has 1 aliphatic rings. The highest BCUT2D eigenvalue weighted by molar-refractivity contribution is 5.80. The number of methoxy groups -OCH3 is 1. The van der Waals surface area contributed by atoms with Gasteiger partial charge in [0.1, 0.15) is 0 Å². The number of ether oxygens (including phenoxy) is 1. The SMILES string of the molecule is CN=C(NCc1cccnc1OC)N1CCC(c2cnn(C)c2)C1. The molecule has 1 atom stereocenters. The standard InChI is InChI=1S/C17H24N6O/c1-18-17(20-9-13-5-4-7-19-16(13)24-3)23-8-6-14(12-23)15-10-21-22(2)11-15/h4-5,7,10-11,14H,6,8-9,12H2,1-3H3,(H,18,20). The Hall–Kier alpha value is -2.57. The van der Waals surface area contributed by atoms with Crippen molar-refractivity contribution in [2.24, 2.45) is 12.0 Å². The largest absolute Gasteiger partial charge is 0.481 e. The van der Waals surface area contributed by atoms with Crippen LogP contribution in [0.1, 0.15) is 23.5 Å². The Morgan fingerprint density at radius 3 is 3.08 bits per heavy atom. The molecule has 0 aliphatic carbocycles. The summed E-state index contributed by atoms with van der Waals surface area (Å²) in [4.78, 5) is 10.9. The third kappa shape index (κ3) is 3.50. The molecule has 0 aromatic carbocycles. The molecule has 0 spiro atoms. The quantitative estimate of drug-likeness (QED) is 0.678. The number of nitrogens with zero attached hydrogens (tertiary/aromatic N) is 5. The van der Waals surface area contributed by atoms with Gasteiger partial charge in [-0.2, -0.15) is 5.10 Å². The number of rotatable bonds is 4. The van der Waals surface area contributed by atoms with E-state index < -0.39 is 0 Å². The highest BCUT2D eigenvalue weighted by Crippen LogP contribution is 2.26. The Kier molecular flexibility index (Phi) is 4.98. The van der Waals surface area contributed by atoms with E-state index in [0.717, 1.165) is 31.0 Å². The van der Waals surface area contributed by atoms with Crippen molar-refractivity contribution in [1.29, 1.82) is 0 Å². The monoisotopic (exact) mass is 328 g/mol. The summed E-state index contributed by atoms with van der Waals surface area (Å²) < 4.78 is 7.16. The number of aliphatic imine (C=N–C) groups is 1. The second-order valence-corrected chi connectivity index (χ2v) is 5.95. The number of pyridine rings is 1. The maximum Gasteiger partial charge on any atom is 0.218 e. The van der Waals surface area contributed by atoms with Crippen LogP contribution in [0.2, 0.25) is 0 Å². The first kappa shape index (κ1) is 16.3. The minimum Gasteiger partial charge on any atom is -0.481 e. The van der Waals surface area contributed by atoms with E-state index in [1.165, 1.54) is 5.56 Å². The minimum absolute atomic E-state index is 0.505. The van der Waals surface area contributed by atoms with Gasteiger partial charge in [0.15, 0.2) is 5.96 Å². The molecule has 2 aromatic rings. The average Bonchev–Trinajstić information content (AvgIpc) is 3.25. The summed E-state index contributed by atoms with van der Waals surface area (Å²) in [6.07, 6.45) is 6.91. The van der Waals surface area contributed by atoms with Gasteiger partial charge in [-0.25, -0.2) is 4.98 Å². The zero-order valence-corrected chi connectivity index (χ0v) is 14.4. The van der Waals surface area contributed by atoms with Crippen LogP contribution in [0, 0.1) is 0 Å². The molecule has 7 heteroatoms. The van der Waals surface area contributed by atoms with Crippen molar-refractivity contribution < 1.29 is 4.74 Å². The number of likely N-dealkylation sites (tertiary alicyclic amines) is 1. The van der Waals surface area contributed by atoms with Crippen molar-refractivity contribution in [2.45, 2.75) is 18.9 Å². The zero-order valence-electron chi connectivity index (χ0n) is 14.4. The lowest BCUT2D eigenvalue weighted by atomic mass is 10.0. The first-order chi connectivity index (χ1) is 11.7. The van der Waals surface area contributed by atoms with Gasteiger partial charge in [-0.1, -0.05) is 6.07 Å². The van der Waals surface area contributed by atoms with Crippen molar-refractivity contribution in [2.75, 3.05) is 27.2 Å². The Morgan fingerprint density at radius 1 is 1.50 bits per heavy atom. The van der Waals surface area contributed by atoms with E-state index in [1.807, 2.05) is 37.1 Å². The second-order valence-electron chi connectivity index (χ2n) is 5.95. The normalized spacial score (nSPS) is 18.0. The molecule has 1 saturated heterocycles. The molecular formula is C17H24N6O. The molecular weight excluding hydrogens is 304 g/mol. The van der Waals surface area contributed by atoms with Crippen molar-refractivity contribution in [3.63, 3.8) is 0 Å². The summed E-state index contributed by atoms with van der Waals surface area (Å²) in [5.74, 6) is 2.06. The fourth-order valence-electron chi connectivity index (χ4n) is 3.12. The van der Waals surface area contributed by atoms with Crippen molar-refractivity contribution in [3.8, 4) is 5.88 Å². The van der Waals surface area contributed by atoms with Gasteiger partial charge in [0.2, 0.25) is 5.88 Å². The Labute approximate surface area is 142 Å². The van der Waals surface area contributed by atoms with Gasteiger partial charge < -0.3 is 15.0 Å². The van der Waals surface area contributed by atoms with Crippen LogP contribution in [0.3, 0.4) is 0 Å². The van der Waals surface area contributed by atoms with Gasteiger partial charge in [-0.05, 0) is 18.1 Å². The van der Waals surface area contributed by atoms with E-state index in [9.17, 15) is 0 Å². The molecule has 0 saturated carbocycles. The average molecular weight is 328 g/mol. The van der Waals surface area contributed by atoms with E-state index in [1.54, 1.807) is 13.3 Å². The van der Waals surface area contributed by atoms with E-state index in [0.29, 0.717) is 18.3 Å². The van der Waals surface area contributed by atoms with E-state index in [4.69, 9.17) is 4.74 Å². The van der Waals surface area contributed by atoms with Crippen molar-refractivity contribution >= 4 is 5.96 Å². The molecule has 2 aromatic heterocycles. The van der Waals surface area contributed by atoms with Gasteiger partial charge in [-0.15, -0.1) is 0 Å². The molecule has 1 fully saturated rings. The molecule has 128 valence electrons. The van der Waals surface area contributed by atoms with Crippen LogP contribution >= 0.6 is 0 Å². The lowest BCUT2D eigenvalue weighted by molar-refractivity contribution is 0.391. The first-order valence-corrected chi connectivity index (χ1v) is 8.13. The predicted molar refractivity (Wildman–Crippen MR) is 93.1 cm³/mol. The first-order valence-electron chi connectivity index (χ1n) is 8.13. The molecule has 3 heterocycles. The van der Waals surface area contributed by atoms with E-state index in [2.05, 4.69) is 31.5 Å². The summed E-state index contributed by atoms with van der Waals surface area (Å²) in [5.41, 5.74) is 2.31. The van der Waals surface area contributed by atoms with Gasteiger partial charge in [0.05, 0.1) is 13.3 Å². The molecule has 1 N–H and O–H groups in total. The van der Waals surface area contributed by atoms with Crippen LogP contribution in [-0.2, 0) is 13.6 Å². The Balaban J connectivity index is 1.61. The maximum absolute atomic E-state index is 5.30. The zero-order chi connectivity index (χ0) is 16.9. The van der Waals surface area contributed by atoms with Gasteiger partial charge in [0.25, 0.3) is 0 Å². The highest BCUT2D eigenvalue weighted by atomic mass is 16.5. The van der Waals surface area contributed by atoms with E-state index in [-0.39, 0.29) is 0 Å². The molecule has 0 bridgehead atoms. The highest BCUT2D eigenvalue weighted by Gasteiger charge is 2.26. The van der Waals surface area contributed by atoms with Crippen LogP contribution in [-0.4, -0.2) is 52.9 Å². The number of aryl methyl sites for hydroxylation is 1. The Morgan fingerprint density at radius 2 is 2.38 bits per heavy atom. The minimum atomic E-state index is 0.505. The summed E-state index contributed by atoms with van der Waals surface area (Å²) >= 11 is 0. The van der Waals surface area contributed by atoms with Gasteiger partial charge in [0, 0.05) is 57.6 Å². The Bertz CT molecular complexity index is 711. The van der Waals surface area contributed by atoms with E-state index >= 15 is 0 Å². The van der Waals surface area contributed by atoms with Crippen molar-refractivity contribution in [3.05, 3.63) is 41.9 Å². The van der Waals surface area contributed by atoms with Crippen LogP contribution in [0.15, 0.2) is 35.7 Å². The molecule has 0 amide bonds. The third-order valence-electron chi connectivity index (χ3n) is 4.38. The molecule has 1 unspecified atom stereocenters. The van der Waals surface area contributed by atoms with Crippen LogP contribution in [0.5, 0.6) is 5.88 Å². The maximum atomic E-state index is 5.30. The summed E-state index contributed by atoms with van der Waals surface area (Å²) in [6, 6.07) is 3.92. The smallest absolute Gasteiger partial charge is 0.218 e. The molecule has 0 radical (unpaired) electrons. The summed E-state index contributed by atoms with van der Waals surface area (Å²) in [7, 11) is 5.41. The van der Waals surface area contributed by atoms with Crippen molar-refractivity contribution in [1.82, 2.24) is 25.0 Å². The molecule has 1 aliphatic heterocycles. The lowest BCUT2D eigenvalue weighted by Crippen LogP contribution is -2.39.